The molecule has 0 saturated carbocycles. The van der Waals surface area contributed by atoms with E-state index in [9.17, 15) is 13.2 Å². The van der Waals surface area contributed by atoms with Crippen molar-refractivity contribution in [2.45, 2.75) is 4.90 Å². The van der Waals surface area contributed by atoms with Gasteiger partial charge in [0.15, 0.2) is 6.61 Å². The van der Waals surface area contributed by atoms with E-state index in [1.807, 2.05) is 0 Å². The van der Waals surface area contributed by atoms with Crippen LogP contribution in [0.5, 0.6) is 5.75 Å². The maximum atomic E-state index is 12.5. The highest BCUT2D eigenvalue weighted by Crippen LogP contribution is 2.32. The number of amides is 1. The number of anilines is 2. The SMILES string of the molecule is O=C(COc1ccc(S(=O)(=O)Nc2ccc(Br)cc2)cc1)Nc1cc(Cl)c(Cl)cc1Cl. The largest absolute Gasteiger partial charge is 0.484 e. The molecule has 0 unspecified atom stereocenters. The number of halogens is 4. The van der Waals surface area contributed by atoms with Gasteiger partial charge in [-0.05, 0) is 60.7 Å². The first-order valence-corrected chi connectivity index (χ1v) is 12.0. The Labute approximate surface area is 202 Å². The van der Waals surface area contributed by atoms with Crippen LogP contribution in [-0.4, -0.2) is 20.9 Å². The summed E-state index contributed by atoms with van der Waals surface area (Å²) in [6, 6.07) is 15.2. The van der Waals surface area contributed by atoms with Crippen molar-refractivity contribution < 1.29 is 17.9 Å². The third-order valence-electron chi connectivity index (χ3n) is 3.88. The molecule has 0 heterocycles. The summed E-state index contributed by atoms with van der Waals surface area (Å²) < 4.78 is 33.7. The van der Waals surface area contributed by atoms with Gasteiger partial charge in [-0.2, -0.15) is 0 Å². The highest BCUT2D eigenvalue weighted by atomic mass is 79.9. The van der Waals surface area contributed by atoms with E-state index in [1.54, 1.807) is 24.3 Å². The summed E-state index contributed by atoms with van der Waals surface area (Å²) >= 11 is 21.1. The Balaban J connectivity index is 1.59. The first kappa shape index (κ1) is 23.7. The average Bonchev–Trinajstić information content (AvgIpc) is 2.72. The Morgan fingerprint density at radius 3 is 2.16 bits per heavy atom. The van der Waals surface area contributed by atoms with Crippen LogP contribution in [-0.2, 0) is 14.8 Å². The Bertz CT molecular complexity index is 1200. The fourth-order valence-corrected chi connectivity index (χ4v) is 4.32. The molecule has 6 nitrogen and oxygen atoms in total. The van der Waals surface area contributed by atoms with E-state index in [0.29, 0.717) is 17.1 Å². The van der Waals surface area contributed by atoms with Gasteiger partial charge in [0.05, 0.1) is 25.7 Å². The monoisotopic (exact) mass is 562 g/mol. The third-order valence-corrected chi connectivity index (χ3v) is 6.85. The first-order chi connectivity index (χ1) is 14.6. The van der Waals surface area contributed by atoms with Crippen molar-refractivity contribution in [2.24, 2.45) is 0 Å². The van der Waals surface area contributed by atoms with Crippen molar-refractivity contribution in [3.8, 4) is 5.75 Å². The molecule has 162 valence electrons. The molecule has 3 aromatic rings. The van der Waals surface area contributed by atoms with Crippen molar-refractivity contribution >= 4 is 78.0 Å². The lowest BCUT2D eigenvalue weighted by atomic mass is 10.3. The van der Waals surface area contributed by atoms with Crippen LogP contribution in [0.2, 0.25) is 15.1 Å². The molecule has 11 heteroatoms. The fraction of sp³-hybridized carbons (Fsp3) is 0.0500. The number of sulfonamides is 1. The summed E-state index contributed by atoms with van der Waals surface area (Å²) in [5.41, 5.74) is 0.728. The molecule has 0 radical (unpaired) electrons. The Morgan fingerprint density at radius 2 is 1.52 bits per heavy atom. The van der Waals surface area contributed by atoms with E-state index < -0.39 is 15.9 Å². The van der Waals surface area contributed by atoms with Crippen LogP contribution in [0.3, 0.4) is 0 Å². The second-order valence-corrected chi connectivity index (χ2v) is 9.99. The van der Waals surface area contributed by atoms with Crippen LogP contribution < -0.4 is 14.8 Å². The molecule has 0 bridgehead atoms. The molecule has 0 spiro atoms. The number of nitrogens with one attached hydrogen (secondary N) is 2. The van der Waals surface area contributed by atoms with Crippen molar-refractivity contribution in [3.63, 3.8) is 0 Å². The van der Waals surface area contributed by atoms with Crippen LogP contribution in [0.4, 0.5) is 11.4 Å². The lowest BCUT2D eigenvalue weighted by Crippen LogP contribution is -2.20. The van der Waals surface area contributed by atoms with Gasteiger partial charge in [0.2, 0.25) is 0 Å². The number of hydrogen-bond donors (Lipinski definition) is 2. The zero-order chi connectivity index (χ0) is 22.6. The van der Waals surface area contributed by atoms with Gasteiger partial charge in [-0.3, -0.25) is 9.52 Å². The lowest BCUT2D eigenvalue weighted by molar-refractivity contribution is -0.118. The van der Waals surface area contributed by atoms with E-state index in [2.05, 4.69) is 26.0 Å². The van der Waals surface area contributed by atoms with E-state index >= 15 is 0 Å². The zero-order valence-corrected chi connectivity index (χ0v) is 20.2. The predicted octanol–water partition coefficient (Wildman–Crippen LogP) is 6.23. The third kappa shape index (κ3) is 6.51. The van der Waals surface area contributed by atoms with Gasteiger partial charge in [0, 0.05) is 10.2 Å². The standard InChI is InChI=1S/C20H14BrCl3N2O4S/c21-12-1-3-13(4-2-12)26-31(28,29)15-7-5-14(6-8-15)30-11-20(27)25-19-10-17(23)16(22)9-18(19)24/h1-10,26H,11H2,(H,25,27). The highest BCUT2D eigenvalue weighted by molar-refractivity contribution is 9.10. The number of hydrogen-bond acceptors (Lipinski definition) is 4. The minimum absolute atomic E-state index is 0.0507. The van der Waals surface area contributed by atoms with E-state index in [1.165, 1.54) is 36.4 Å². The number of carbonyl (C=O) groups is 1. The molecular formula is C20H14BrCl3N2O4S. The quantitative estimate of drug-likeness (QED) is 0.334. The number of carbonyl (C=O) groups excluding carboxylic acids is 1. The molecule has 0 aromatic heterocycles. The molecule has 0 aliphatic heterocycles. The summed E-state index contributed by atoms with van der Waals surface area (Å²) in [5.74, 6) is -0.160. The minimum atomic E-state index is -3.77. The maximum Gasteiger partial charge on any atom is 0.262 e. The molecule has 0 fully saturated rings. The van der Waals surface area contributed by atoms with E-state index in [-0.39, 0.29) is 26.6 Å². The summed E-state index contributed by atoms with van der Waals surface area (Å²) in [6.07, 6.45) is 0. The summed E-state index contributed by atoms with van der Waals surface area (Å²) in [6.45, 7) is -0.320. The number of benzene rings is 3. The molecule has 0 atom stereocenters. The van der Waals surface area contributed by atoms with Crippen LogP contribution in [0.15, 0.2) is 70.0 Å². The van der Waals surface area contributed by atoms with Gasteiger partial charge in [0.1, 0.15) is 5.75 Å². The number of ether oxygens (including phenoxy) is 1. The van der Waals surface area contributed by atoms with Crippen molar-refractivity contribution in [3.05, 3.63) is 80.2 Å². The van der Waals surface area contributed by atoms with E-state index in [0.717, 1.165) is 4.47 Å². The molecule has 3 rings (SSSR count). The summed E-state index contributed by atoms with van der Waals surface area (Å²) in [5, 5.41) is 3.31. The zero-order valence-electron chi connectivity index (χ0n) is 15.5. The van der Waals surface area contributed by atoms with Gasteiger partial charge in [-0.25, -0.2) is 8.42 Å². The smallest absolute Gasteiger partial charge is 0.262 e. The van der Waals surface area contributed by atoms with Crippen molar-refractivity contribution in [1.29, 1.82) is 0 Å². The average molecular weight is 565 g/mol. The van der Waals surface area contributed by atoms with E-state index in [4.69, 9.17) is 39.5 Å². The topological polar surface area (TPSA) is 84.5 Å². The van der Waals surface area contributed by atoms with Gasteiger partial charge < -0.3 is 10.1 Å². The predicted molar refractivity (Wildman–Crippen MR) is 127 cm³/mol. The second-order valence-electron chi connectivity index (χ2n) is 6.17. The van der Waals surface area contributed by atoms with Gasteiger partial charge in [-0.15, -0.1) is 0 Å². The molecule has 31 heavy (non-hydrogen) atoms. The Hall–Kier alpha value is -1.97. The molecule has 0 saturated heterocycles. The van der Waals surface area contributed by atoms with Crippen molar-refractivity contribution in [2.75, 3.05) is 16.6 Å². The van der Waals surface area contributed by atoms with Crippen LogP contribution in [0, 0.1) is 0 Å². The van der Waals surface area contributed by atoms with Crippen molar-refractivity contribution in [1.82, 2.24) is 0 Å². The molecule has 1 amide bonds. The molecular weight excluding hydrogens is 551 g/mol. The molecule has 0 aliphatic rings. The Kier molecular flexibility index (Phi) is 7.72. The summed E-state index contributed by atoms with van der Waals surface area (Å²) in [7, 11) is -3.77. The van der Waals surface area contributed by atoms with Gasteiger partial charge >= 0.3 is 0 Å². The second kappa shape index (κ2) is 10.1. The number of rotatable bonds is 7. The first-order valence-electron chi connectivity index (χ1n) is 8.60. The maximum absolute atomic E-state index is 12.5. The molecule has 2 N–H and O–H groups in total. The fourth-order valence-electron chi connectivity index (χ4n) is 2.40. The summed E-state index contributed by atoms with van der Waals surface area (Å²) in [4.78, 5) is 12.2. The van der Waals surface area contributed by atoms with Gasteiger partial charge in [-0.1, -0.05) is 50.7 Å². The lowest BCUT2D eigenvalue weighted by Gasteiger charge is -2.11. The minimum Gasteiger partial charge on any atom is -0.484 e. The van der Waals surface area contributed by atoms with Gasteiger partial charge in [0.25, 0.3) is 15.9 Å². The normalized spacial score (nSPS) is 11.1. The van der Waals surface area contributed by atoms with Crippen LogP contribution >= 0.6 is 50.7 Å². The highest BCUT2D eigenvalue weighted by Gasteiger charge is 2.15. The molecule has 0 aliphatic carbocycles. The Morgan fingerprint density at radius 1 is 0.903 bits per heavy atom. The van der Waals surface area contributed by atoms with Crippen LogP contribution in [0.1, 0.15) is 0 Å². The molecule has 3 aromatic carbocycles. The van der Waals surface area contributed by atoms with Crippen LogP contribution in [0.25, 0.3) is 0 Å².